The SMILES string of the molecule is CCN(C)CC(=O)Nc1ccc(F)c(N)c1. The lowest BCUT2D eigenvalue weighted by Crippen LogP contribution is -2.29. The van der Waals surface area contributed by atoms with Gasteiger partial charge in [-0.3, -0.25) is 9.69 Å². The lowest BCUT2D eigenvalue weighted by molar-refractivity contribution is -0.117. The maximum absolute atomic E-state index is 12.9. The average Bonchev–Trinajstić information content (AvgIpc) is 2.23. The van der Waals surface area contributed by atoms with Gasteiger partial charge in [-0.2, -0.15) is 0 Å². The zero-order valence-corrected chi connectivity index (χ0v) is 9.46. The van der Waals surface area contributed by atoms with Crippen molar-refractivity contribution < 1.29 is 9.18 Å². The van der Waals surface area contributed by atoms with Gasteiger partial charge in [-0.1, -0.05) is 6.92 Å². The van der Waals surface area contributed by atoms with Gasteiger partial charge >= 0.3 is 0 Å². The third-order valence-corrected chi connectivity index (χ3v) is 2.23. The van der Waals surface area contributed by atoms with Gasteiger partial charge in [-0.25, -0.2) is 4.39 Å². The van der Waals surface area contributed by atoms with Crippen molar-refractivity contribution in [3.8, 4) is 0 Å². The highest BCUT2D eigenvalue weighted by Crippen LogP contribution is 2.16. The molecule has 0 fully saturated rings. The molecule has 4 nitrogen and oxygen atoms in total. The van der Waals surface area contributed by atoms with E-state index in [1.165, 1.54) is 18.2 Å². The lowest BCUT2D eigenvalue weighted by atomic mass is 10.2. The Bertz CT molecular complexity index is 381. The summed E-state index contributed by atoms with van der Waals surface area (Å²) in [5.74, 6) is -0.626. The summed E-state index contributed by atoms with van der Waals surface area (Å²) in [7, 11) is 1.85. The van der Waals surface area contributed by atoms with E-state index in [-0.39, 0.29) is 11.6 Å². The Kier molecular flexibility index (Phi) is 4.25. The number of benzene rings is 1. The first-order valence-electron chi connectivity index (χ1n) is 5.06. The van der Waals surface area contributed by atoms with E-state index in [1.54, 1.807) is 0 Å². The van der Waals surface area contributed by atoms with Crippen LogP contribution in [0.3, 0.4) is 0 Å². The molecule has 5 heteroatoms. The van der Waals surface area contributed by atoms with E-state index < -0.39 is 5.82 Å². The van der Waals surface area contributed by atoms with Crippen molar-refractivity contribution in [3.05, 3.63) is 24.0 Å². The van der Waals surface area contributed by atoms with Gasteiger partial charge in [0.25, 0.3) is 0 Å². The third kappa shape index (κ3) is 3.51. The number of nitrogen functional groups attached to an aromatic ring is 1. The van der Waals surface area contributed by atoms with E-state index in [0.29, 0.717) is 12.2 Å². The molecular formula is C11H16FN3O. The molecule has 0 aliphatic carbocycles. The number of rotatable bonds is 4. The average molecular weight is 225 g/mol. The summed E-state index contributed by atoms with van der Waals surface area (Å²) < 4.78 is 12.9. The summed E-state index contributed by atoms with van der Waals surface area (Å²) in [4.78, 5) is 13.4. The van der Waals surface area contributed by atoms with Gasteiger partial charge < -0.3 is 11.1 Å². The van der Waals surface area contributed by atoms with Gasteiger partial charge in [-0.05, 0) is 31.8 Å². The first-order valence-corrected chi connectivity index (χ1v) is 5.06. The first-order chi connectivity index (χ1) is 7.52. The number of nitrogens with one attached hydrogen (secondary N) is 1. The molecule has 0 atom stereocenters. The summed E-state index contributed by atoms with van der Waals surface area (Å²) in [5.41, 5.74) is 5.92. The van der Waals surface area contributed by atoms with Crippen LogP contribution in [0.25, 0.3) is 0 Å². The molecular weight excluding hydrogens is 209 g/mol. The maximum Gasteiger partial charge on any atom is 0.238 e. The van der Waals surface area contributed by atoms with Crippen LogP contribution in [0.2, 0.25) is 0 Å². The number of nitrogens with two attached hydrogens (primary N) is 1. The summed E-state index contributed by atoms with van der Waals surface area (Å²) in [6.45, 7) is 3.05. The van der Waals surface area contributed by atoms with Crippen molar-refractivity contribution in [1.29, 1.82) is 0 Å². The molecule has 0 unspecified atom stereocenters. The summed E-state index contributed by atoms with van der Waals surface area (Å²) in [5, 5.41) is 2.65. The first kappa shape index (κ1) is 12.4. The molecule has 16 heavy (non-hydrogen) atoms. The van der Waals surface area contributed by atoms with E-state index in [4.69, 9.17) is 5.73 Å². The van der Waals surface area contributed by atoms with Crippen molar-refractivity contribution in [2.24, 2.45) is 0 Å². The van der Waals surface area contributed by atoms with Crippen molar-refractivity contribution in [1.82, 2.24) is 4.90 Å². The minimum absolute atomic E-state index is 0.0293. The number of amides is 1. The molecule has 1 aromatic rings. The third-order valence-electron chi connectivity index (χ3n) is 2.23. The van der Waals surface area contributed by atoms with Gasteiger partial charge in [0.1, 0.15) is 5.82 Å². The number of nitrogens with zero attached hydrogens (tertiary/aromatic N) is 1. The van der Waals surface area contributed by atoms with Crippen molar-refractivity contribution >= 4 is 17.3 Å². The Morgan fingerprint density at radius 1 is 1.56 bits per heavy atom. The molecule has 0 bridgehead atoms. The zero-order valence-electron chi connectivity index (χ0n) is 9.46. The minimum atomic E-state index is -0.483. The van der Waals surface area contributed by atoms with Crippen LogP contribution in [0.1, 0.15) is 6.92 Å². The number of carbonyl (C=O) groups excluding carboxylic acids is 1. The highest BCUT2D eigenvalue weighted by atomic mass is 19.1. The molecule has 88 valence electrons. The predicted molar refractivity (Wildman–Crippen MR) is 62.6 cm³/mol. The van der Waals surface area contributed by atoms with Crippen molar-refractivity contribution in [2.45, 2.75) is 6.92 Å². The molecule has 0 aliphatic heterocycles. The number of hydrogen-bond acceptors (Lipinski definition) is 3. The Morgan fingerprint density at radius 2 is 2.25 bits per heavy atom. The lowest BCUT2D eigenvalue weighted by Gasteiger charge is -2.13. The zero-order chi connectivity index (χ0) is 12.1. The fourth-order valence-corrected chi connectivity index (χ4v) is 1.18. The Balaban J connectivity index is 2.59. The van der Waals surface area contributed by atoms with Gasteiger partial charge in [0, 0.05) is 5.69 Å². The van der Waals surface area contributed by atoms with Crippen LogP contribution in [0, 0.1) is 5.82 Å². The number of likely N-dealkylation sites (N-methyl/N-ethyl adjacent to an activating group) is 1. The summed E-state index contributed by atoms with van der Waals surface area (Å²) in [6.07, 6.45) is 0. The Hall–Kier alpha value is -1.62. The topological polar surface area (TPSA) is 58.4 Å². The minimum Gasteiger partial charge on any atom is -0.396 e. The van der Waals surface area contributed by atoms with Crippen LogP contribution >= 0.6 is 0 Å². The maximum atomic E-state index is 12.9. The summed E-state index contributed by atoms with van der Waals surface area (Å²) in [6, 6.07) is 4.11. The van der Waals surface area contributed by atoms with Crippen LogP contribution in [0.5, 0.6) is 0 Å². The van der Waals surface area contributed by atoms with Gasteiger partial charge in [-0.15, -0.1) is 0 Å². The standard InChI is InChI=1S/C11H16FN3O/c1-3-15(2)7-11(16)14-8-4-5-9(12)10(13)6-8/h4-6H,3,7,13H2,1-2H3,(H,14,16). The normalized spacial score (nSPS) is 10.5. The molecule has 0 radical (unpaired) electrons. The highest BCUT2D eigenvalue weighted by Gasteiger charge is 2.06. The monoisotopic (exact) mass is 225 g/mol. The molecule has 1 rings (SSSR count). The number of hydrogen-bond donors (Lipinski definition) is 2. The van der Waals surface area contributed by atoms with E-state index in [9.17, 15) is 9.18 Å². The molecule has 0 saturated carbocycles. The number of halogens is 1. The van der Waals surface area contributed by atoms with E-state index in [1.807, 2.05) is 18.9 Å². The van der Waals surface area contributed by atoms with Crippen molar-refractivity contribution in [2.75, 3.05) is 31.2 Å². The highest BCUT2D eigenvalue weighted by molar-refractivity contribution is 5.92. The Labute approximate surface area is 94.2 Å². The second kappa shape index (κ2) is 5.46. The molecule has 0 heterocycles. The van der Waals surface area contributed by atoms with E-state index in [0.717, 1.165) is 6.54 Å². The molecule has 0 spiro atoms. The van der Waals surface area contributed by atoms with E-state index in [2.05, 4.69) is 5.32 Å². The van der Waals surface area contributed by atoms with Gasteiger partial charge in [0.05, 0.1) is 12.2 Å². The second-order valence-electron chi connectivity index (χ2n) is 3.61. The van der Waals surface area contributed by atoms with Gasteiger partial charge in [0.15, 0.2) is 0 Å². The van der Waals surface area contributed by atoms with Crippen LogP contribution in [-0.2, 0) is 4.79 Å². The summed E-state index contributed by atoms with van der Waals surface area (Å²) >= 11 is 0. The van der Waals surface area contributed by atoms with Crippen LogP contribution in [0.15, 0.2) is 18.2 Å². The molecule has 0 aromatic heterocycles. The number of anilines is 2. The Morgan fingerprint density at radius 3 is 2.81 bits per heavy atom. The molecule has 3 N–H and O–H groups in total. The van der Waals surface area contributed by atoms with Gasteiger partial charge in [0.2, 0.25) is 5.91 Å². The molecule has 1 aromatic carbocycles. The molecule has 0 aliphatic rings. The molecule has 0 saturated heterocycles. The smallest absolute Gasteiger partial charge is 0.238 e. The van der Waals surface area contributed by atoms with Crippen LogP contribution < -0.4 is 11.1 Å². The van der Waals surface area contributed by atoms with E-state index >= 15 is 0 Å². The fourth-order valence-electron chi connectivity index (χ4n) is 1.18. The quantitative estimate of drug-likeness (QED) is 0.759. The largest absolute Gasteiger partial charge is 0.396 e. The van der Waals surface area contributed by atoms with Crippen molar-refractivity contribution in [3.63, 3.8) is 0 Å². The fraction of sp³-hybridized carbons (Fsp3) is 0.364. The second-order valence-corrected chi connectivity index (χ2v) is 3.61. The predicted octanol–water partition coefficient (Wildman–Crippen LogP) is 1.30. The van der Waals surface area contributed by atoms with Crippen LogP contribution in [-0.4, -0.2) is 30.9 Å². The van der Waals surface area contributed by atoms with Crippen LogP contribution in [0.4, 0.5) is 15.8 Å². The molecule has 1 amide bonds. The number of carbonyl (C=O) groups is 1.